The largest absolute Gasteiger partial charge is 0.309 e. The standard InChI is InChI=1S/C16H14N4O3/c1-9-3-4-11-12(5-9)16(23)20(15(11)22)7-14(21)19-13-6-10(2)17-8-18-13/h3-6,8H,7H2,1-2H3,(H,17,18,19,21). The number of hydrogen-bond acceptors (Lipinski definition) is 5. The van der Waals surface area contributed by atoms with Crippen LogP contribution >= 0.6 is 0 Å². The highest BCUT2D eigenvalue weighted by Crippen LogP contribution is 2.23. The minimum Gasteiger partial charge on any atom is -0.309 e. The molecule has 0 atom stereocenters. The van der Waals surface area contributed by atoms with Crippen molar-refractivity contribution in [1.82, 2.24) is 14.9 Å². The molecular formula is C16H14N4O3. The lowest BCUT2D eigenvalue weighted by molar-refractivity contribution is -0.116. The third kappa shape index (κ3) is 2.80. The third-order valence-electron chi connectivity index (χ3n) is 3.50. The monoisotopic (exact) mass is 310 g/mol. The number of aromatic nitrogens is 2. The molecule has 1 aromatic heterocycles. The molecule has 3 amide bonds. The topological polar surface area (TPSA) is 92.3 Å². The molecule has 0 radical (unpaired) electrons. The molecule has 2 aromatic rings. The first-order valence-electron chi connectivity index (χ1n) is 7.01. The number of nitrogens with one attached hydrogen (secondary N) is 1. The first-order chi connectivity index (χ1) is 11.0. The van der Waals surface area contributed by atoms with Crippen LogP contribution in [0, 0.1) is 13.8 Å². The van der Waals surface area contributed by atoms with Gasteiger partial charge in [-0.25, -0.2) is 9.97 Å². The predicted molar refractivity (Wildman–Crippen MR) is 81.9 cm³/mol. The minimum atomic E-state index is -0.491. The Morgan fingerprint density at radius 1 is 1.09 bits per heavy atom. The van der Waals surface area contributed by atoms with Gasteiger partial charge < -0.3 is 5.32 Å². The Balaban J connectivity index is 1.75. The van der Waals surface area contributed by atoms with Crippen molar-refractivity contribution in [1.29, 1.82) is 0 Å². The van der Waals surface area contributed by atoms with Gasteiger partial charge in [-0.2, -0.15) is 0 Å². The van der Waals surface area contributed by atoms with Crippen LogP contribution in [0.5, 0.6) is 0 Å². The van der Waals surface area contributed by atoms with E-state index in [-0.39, 0.29) is 6.54 Å². The van der Waals surface area contributed by atoms with Gasteiger partial charge in [0.15, 0.2) is 0 Å². The average molecular weight is 310 g/mol. The molecule has 0 saturated carbocycles. The van der Waals surface area contributed by atoms with E-state index in [0.717, 1.165) is 10.5 Å². The maximum atomic E-state index is 12.3. The number of rotatable bonds is 3. The number of amides is 3. The number of carbonyl (C=O) groups is 3. The highest BCUT2D eigenvalue weighted by Gasteiger charge is 2.36. The van der Waals surface area contributed by atoms with Gasteiger partial charge in [0.2, 0.25) is 5.91 Å². The van der Waals surface area contributed by atoms with E-state index in [4.69, 9.17) is 0 Å². The van der Waals surface area contributed by atoms with Gasteiger partial charge in [-0.1, -0.05) is 11.6 Å². The number of carbonyl (C=O) groups excluding carboxylic acids is 3. The lowest BCUT2D eigenvalue weighted by Gasteiger charge is -2.13. The lowest BCUT2D eigenvalue weighted by atomic mass is 10.1. The van der Waals surface area contributed by atoms with Crippen molar-refractivity contribution in [2.24, 2.45) is 0 Å². The van der Waals surface area contributed by atoms with E-state index in [1.165, 1.54) is 6.33 Å². The zero-order chi connectivity index (χ0) is 16.6. The van der Waals surface area contributed by atoms with Gasteiger partial charge >= 0.3 is 0 Å². The maximum absolute atomic E-state index is 12.3. The van der Waals surface area contributed by atoms with E-state index in [2.05, 4.69) is 15.3 Å². The summed E-state index contributed by atoms with van der Waals surface area (Å²) in [4.78, 5) is 45.4. The van der Waals surface area contributed by atoms with Gasteiger partial charge in [0.25, 0.3) is 11.8 Å². The molecule has 2 heterocycles. The fourth-order valence-corrected chi connectivity index (χ4v) is 2.40. The van der Waals surface area contributed by atoms with Crippen molar-refractivity contribution in [2.75, 3.05) is 11.9 Å². The summed E-state index contributed by atoms with van der Waals surface area (Å²) in [6.45, 7) is 3.25. The van der Waals surface area contributed by atoms with Crippen LogP contribution in [0.3, 0.4) is 0 Å². The Hall–Kier alpha value is -3.09. The normalized spacial score (nSPS) is 13.2. The van der Waals surface area contributed by atoms with E-state index in [0.29, 0.717) is 22.6 Å². The number of fused-ring (bicyclic) bond motifs is 1. The summed E-state index contributed by atoms with van der Waals surface area (Å²) < 4.78 is 0. The van der Waals surface area contributed by atoms with Crippen LogP contribution in [-0.2, 0) is 4.79 Å². The summed E-state index contributed by atoms with van der Waals surface area (Å²) in [5.74, 6) is -1.08. The molecule has 3 rings (SSSR count). The zero-order valence-electron chi connectivity index (χ0n) is 12.7. The summed E-state index contributed by atoms with van der Waals surface area (Å²) in [7, 11) is 0. The molecule has 7 nitrogen and oxygen atoms in total. The molecule has 1 aliphatic rings. The molecule has 0 aliphatic carbocycles. The second-order valence-corrected chi connectivity index (χ2v) is 5.34. The maximum Gasteiger partial charge on any atom is 0.262 e. The van der Waals surface area contributed by atoms with Crippen molar-refractivity contribution < 1.29 is 14.4 Å². The molecule has 116 valence electrons. The molecule has 1 aromatic carbocycles. The molecule has 1 aliphatic heterocycles. The Morgan fingerprint density at radius 3 is 2.57 bits per heavy atom. The van der Waals surface area contributed by atoms with E-state index >= 15 is 0 Å². The van der Waals surface area contributed by atoms with Crippen molar-refractivity contribution >= 4 is 23.5 Å². The molecular weight excluding hydrogens is 296 g/mol. The second-order valence-electron chi connectivity index (χ2n) is 5.34. The van der Waals surface area contributed by atoms with Crippen LogP contribution in [-0.4, -0.2) is 39.1 Å². The summed E-state index contributed by atoms with van der Waals surface area (Å²) in [5, 5.41) is 2.55. The Labute approximate surface area is 132 Å². The van der Waals surface area contributed by atoms with Gasteiger partial charge in [0, 0.05) is 11.8 Å². The van der Waals surface area contributed by atoms with Gasteiger partial charge in [0.05, 0.1) is 11.1 Å². The third-order valence-corrected chi connectivity index (χ3v) is 3.50. The summed E-state index contributed by atoms with van der Waals surface area (Å²) in [6.07, 6.45) is 1.33. The fourth-order valence-electron chi connectivity index (χ4n) is 2.40. The number of nitrogens with zero attached hydrogens (tertiary/aromatic N) is 3. The lowest BCUT2D eigenvalue weighted by Crippen LogP contribution is -2.37. The molecule has 0 fully saturated rings. The number of hydrogen-bond donors (Lipinski definition) is 1. The van der Waals surface area contributed by atoms with Gasteiger partial charge in [-0.05, 0) is 26.0 Å². The minimum absolute atomic E-state index is 0.325. The van der Waals surface area contributed by atoms with Crippen molar-refractivity contribution in [3.63, 3.8) is 0 Å². The van der Waals surface area contributed by atoms with Crippen LogP contribution in [0.25, 0.3) is 0 Å². The molecule has 23 heavy (non-hydrogen) atoms. The number of benzene rings is 1. The smallest absolute Gasteiger partial charge is 0.262 e. The first-order valence-corrected chi connectivity index (χ1v) is 7.01. The van der Waals surface area contributed by atoms with Crippen molar-refractivity contribution in [2.45, 2.75) is 13.8 Å². The second kappa shape index (κ2) is 5.60. The highest BCUT2D eigenvalue weighted by atomic mass is 16.2. The van der Waals surface area contributed by atoms with Gasteiger partial charge in [-0.15, -0.1) is 0 Å². The van der Waals surface area contributed by atoms with E-state index < -0.39 is 17.7 Å². The predicted octanol–water partition coefficient (Wildman–Crippen LogP) is 1.33. The Morgan fingerprint density at radius 2 is 1.83 bits per heavy atom. The Kier molecular flexibility index (Phi) is 3.61. The van der Waals surface area contributed by atoms with Crippen LogP contribution in [0.1, 0.15) is 32.0 Å². The molecule has 7 heteroatoms. The quantitative estimate of drug-likeness (QED) is 0.863. The molecule has 0 unspecified atom stereocenters. The highest BCUT2D eigenvalue weighted by molar-refractivity contribution is 6.22. The SMILES string of the molecule is Cc1ccc2c(c1)C(=O)N(CC(=O)Nc1cc(C)ncn1)C2=O. The van der Waals surface area contributed by atoms with Crippen LogP contribution in [0.2, 0.25) is 0 Å². The number of anilines is 1. The summed E-state index contributed by atoms with van der Waals surface area (Å²) in [6, 6.07) is 6.62. The van der Waals surface area contributed by atoms with Gasteiger partial charge in [-0.3, -0.25) is 19.3 Å². The van der Waals surface area contributed by atoms with Crippen molar-refractivity contribution in [3.8, 4) is 0 Å². The van der Waals surface area contributed by atoms with Crippen LogP contribution < -0.4 is 5.32 Å². The van der Waals surface area contributed by atoms with E-state index in [1.54, 1.807) is 31.2 Å². The molecule has 1 N–H and O–H groups in total. The van der Waals surface area contributed by atoms with Crippen LogP contribution in [0.15, 0.2) is 30.6 Å². The molecule has 0 bridgehead atoms. The summed E-state index contributed by atoms with van der Waals surface area (Å²) in [5.41, 5.74) is 2.24. The number of aryl methyl sites for hydroxylation is 2. The van der Waals surface area contributed by atoms with Crippen LogP contribution in [0.4, 0.5) is 5.82 Å². The zero-order valence-corrected chi connectivity index (χ0v) is 12.7. The average Bonchev–Trinajstić information content (AvgIpc) is 2.72. The molecule has 0 spiro atoms. The van der Waals surface area contributed by atoms with Gasteiger partial charge in [0.1, 0.15) is 18.7 Å². The van der Waals surface area contributed by atoms with E-state index in [9.17, 15) is 14.4 Å². The molecule has 0 saturated heterocycles. The fraction of sp³-hybridized carbons (Fsp3) is 0.188. The Bertz CT molecular complexity index is 832. The van der Waals surface area contributed by atoms with Crippen molar-refractivity contribution in [3.05, 3.63) is 53.0 Å². The van der Waals surface area contributed by atoms with E-state index in [1.807, 2.05) is 6.92 Å². The number of imide groups is 1. The first kappa shape index (κ1) is 14.8. The summed E-state index contributed by atoms with van der Waals surface area (Å²) >= 11 is 0.